The molecule has 0 amide bonds. The van der Waals surface area contributed by atoms with Gasteiger partial charge in [-0.25, -0.2) is 4.98 Å². The molecule has 2 atom stereocenters. The number of anilines is 1. The highest BCUT2D eigenvalue weighted by Crippen LogP contribution is 2.53. The molecular weight excluding hydrogens is 392 g/mol. The van der Waals surface area contributed by atoms with Crippen molar-refractivity contribution in [2.75, 3.05) is 12.3 Å². The molecule has 32 heavy (non-hydrogen) atoms. The molecule has 4 heteroatoms. The molecule has 5 rings (SSSR count). The van der Waals surface area contributed by atoms with Gasteiger partial charge in [0.05, 0.1) is 11.4 Å². The summed E-state index contributed by atoms with van der Waals surface area (Å²) in [4.78, 5) is 7.79. The van der Waals surface area contributed by atoms with Crippen molar-refractivity contribution in [2.24, 2.45) is 10.8 Å². The van der Waals surface area contributed by atoms with Crippen molar-refractivity contribution in [3.8, 4) is 11.3 Å². The molecule has 1 saturated carbocycles. The Bertz CT molecular complexity index is 1150. The van der Waals surface area contributed by atoms with Crippen LogP contribution in [0.4, 0.5) is 5.69 Å². The van der Waals surface area contributed by atoms with Gasteiger partial charge in [-0.1, -0.05) is 65.8 Å². The first-order chi connectivity index (χ1) is 14.9. The summed E-state index contributed by atoms with van der Waals surface area (Å²) in [6.45, 7) is 16.2. The van der Waals surface area contributed by atoms with Crippen molar-refractivity contribution in [1.82, 2.24) is 14.3 Å². The molecule has 4 nitrogen and oxygen atoms in total. The maximum atomic E-state index is 6.20. The van der Waals surface area contributed by atoms with Crippen LogP contribution in [0.5, 0.6) is 0 Å². The fourth-order valence-electron chi connectivity index (χ4n) is 6.57. The van der Waals surface area contributed by atoms with Crippen molar-refractivity contribution in [1.29, 1.82) is 0 Å². The zero-order valence-corrected chi connectivity index (χ0v) is 20.6. The summed E-state index contributed by atoms with van der Waals surface area (Å²) in [6, 6.07) is 13.6. The lowest BCUT2D eigenvalue weighted by atomic mass is 9.65. The summed E-state index contributed by atoms with van der Waals surface area (Å²) < 4.78 is 2.22. The van der Waals surface area contributed by atoms with Crippen molar-refractivity contribution in [3.63, 3.8) is 0 Å². The molecule has 0 radical (unpaired) electrons. The first-order valence-corrected chi connectivity index (χ1v) is 12.0. The number of pyridine rings is 1. The number of hydrogen-bond acceptors (Lipinski definition) is 3. The van der Waals surface area contributed by atoms with E-state index in [1.165, 1.54) is 42.6 Å². The Labute approximate surface area is 192 Å². The topological polar surface area (TPSA) is 46.6 Å². The van der Waals surface area contributed by atoms with E-state index in [1.807, 2.05) is 18.3 Å². The van der Waals surface area contributed by atoms with E-state index in [2.05, 4.69) is 75.1 Å². The summed E-state index contributed by atoms with van der Waals surface area (Å²) in [7, 11) is 0. The average Bonchev–Trinajstić information content (AvgIpc) is 3.14. The molecule has 2 aliphatic rings. The third-order valence-corrected chi connectivity index (χ3v) is 7.64. The normalized spacial score (nSPS) is 25.5. The van der Waals surface area contributed by atoms with Crippen LogP contribution in [0.1, 0.15) is 72.1 Å². The monoisotopic (exact) mass is 430 g/mol. The Morgan fingerprint density at radius 1 is 1.03 bits per heavy atom. The van der Waals surface area contributed by atoms with Gasteiger partial charge in [0.25, 0.3) is 0 Å². The molecule has 1 aliphatic carbocycles. The molecular formula is C28H38N4. The van der Waals surface area contributed by atoms with Gasteiger partial charge >= 0.3 is 0 Å². The van der Waals surface area contributed by atoms with Crippen LogP contribution in [0, 0.1) is 10.8 Å². The molecule has 0 spiro atoms. The summed E-state index contributed by atoms with van der Waals surface area (Å²) in [5.41, 5.74) is 13.8. The maximum absolute atomic E-state index is 6.20. The first-order valence-electron chi connectivity index (χ1n) is 12.0. The van der Waals surface area contributed by atoms with Gasteiger partial charge in [-0.05, 0) is 53.2 Å². The summed E-state index contributed by atoms with van der Waals surface area (Å²) in [6.07, 6.45) is 5.94. The SMILES string of the molecule is CC1(C)CC2CC(C)(CN2Cc2c(-c3ccc(C(C)(C)C)cc3)nc3ccc(N)cn23)C1. The van der Waals surface area contributed by atoms with Crippen molar-refractivity contribution in [3.05, 3.63) is 53.9 Å². The third-order valence-electron chi connectivity index (χ3n) is 7.64. The fraction of sp³-hybridized carbons (Fsp3) is 0.536. The number of likely N-dealkylation sites (tertiary alicyclic amines) is 1. The van der Waals surface area contributed by atoms with Gasteiger partial charge in [0, 0.05) is 36.6 Å². The molecule has 2 unspecified atom stereocenters. The lowest BCUT2D eigenvalue weighted by molar-refractivity contribution is 0.126. The molecule has 3 heterocycles. The zero-order chi connectivity index (χ0) is 22.9. The Morgan fingerprint density at radius 2 is 1.75 bits per heavy atom. The molecule has 2 fully saturated rings. The molecule has 2 N–H and O–H groups in total. The summed E-state index contributed by atoms with van der Waals surface area (Å²) in [5.74, 6) is 0. The van der Waals surface area contributed by atoms with Crippen molar-refractivity contribution < 1.29 is 0 Å². The van der Waals surface area contributed by atoms with Crippen LogP contribution in [0.2, 0.25) is 0 Å². The Morgan fingerprint density at radius 3 is 2.44 bits per heavy atom. The second-order valence-corrected chi connectivity index (χ2v) is 12.5. The van der Waals surface area contributed by atoms with Crippen molar-refractivity contribution >= 4 is 11.3 Å². The lowest BCUT2D eigenvalue weighted by Crippen LogP contribution is -2.34. The largest absolute Gasteiger partial charge is 0.398 e. The predicted octanol–water partition coefficient (Wildman–Crippen LogP) is 6.28. The van der Waals surface area contributed by atoms with E-state index >= 15 is 0 Å². The van der Waals surface area contributed by atoms with E-state index in [4.69, 9.17) is 10.7 Å². The minimum Gasteiger partial charge on any atom is -0.398 e. The van der Waals surface area contributed by atoms with Crippen molar-refractivity contribution in [2.45, 2.75) is 78.8 Å². The van der Waals surface area contributed by atoms with Gasteiger partial charge < -0.3 is 10.1 Å². The molecule has 1 aromatic carbocycles. The zero-order valence-electron chi connectivity index (χ0n) is 20.6. The van der Waals surface area contributed by atoms with Crippen LogP contribution in [-0.2, 0) is 12.0 Å². The number of hydrogen-bond donors (Lipinski definition) is 1. The van der Waals surface area contributed by atoms with E-state index in [0.717, 1.165) is 23.6 Å². The number of nitrogen functional groups attached to an aromatic ring is 1. The minimum absolute atomic E-state index is 0.143. The Balaban J connectivity index is 1.56. The number of fused-ring (bicyclic) bond motifs is 3. The van der Waals surface area contributed by atoms with E-state index in [9.17, 15) is 0 Å². The maximum Gasteiger partial charge on any atom is 0.137 e. The average molecular weight is 431 g/mol. The van der Waals surface area contributed by atoms with Crippen LogP contribution >= 0.6 is 0 Å². The van der Waals surface area contributed by atoms with Crippen LogP contribution in [-0.4, -0.2) is 26.9 Å². The molecule has 3 aromatic rings. The van der Waals surface area contributed by atoms with Gasteiger partial charge in [-0.3, -0.25) is 4.90 Å². The van der Waals surface area contributed by atoms with Gasteiger partial charge in [0.1, 0.15) is 5.65 Å². The quantitative estimate of drug-likeness (QED) is 0.532. The molecule has 1 aliphatic heterocycles. The number of imidazole rings is 1. The van der Waals surface area contributed by atoms with Crippen LogP contribution in [0.15, 0.2) is 42.6 Å². The number of nitrogens with two attached hydrogens (primary N) is 1. The predicted molar refractivity (Wildman–Crippen MR) is 134 cm³/mol. The Hall–Kier alpha value is -2.33. The molecule has 2 aromatic heterocycles. The van der Waals surface area contributed by atoms with Gasteiger partial charge in [-0.2, -0.15) is 0 Å². The highest BCUT2D eigenvalue weighted by atomic mass is 15.2. The fourth-order valence-corrected chi connectivity index (χ4v) is 6.57. The summed E-state index contributed by atoms with van der Waals surface area (Å²) in [5, 5.41) is 0. The van der Waals surface area contributed by atoms with E-state index < -0.39 is 0 Å². The molecule has 2 bridgehead atoms. The highest BCUT2D eigenvalue weighted by Gasteiger charge is 2.49. The Kier molecular flexibility index (Phi) is 4.76. The number of rotatable bonds is 3. The van der Waals surface area contributed by atoms with Gasteiger partial charge in [-0.15, -0.1) is 0 Å². The van der Waals surface area contributed by atoms with Gasteiger partial charge in [0.15, 0.2) is 0 Å². The van der Waals surface area contributed by atoms with E-state index in [-0.39, 0.29) is 5.41 Å². The lowest BCUT2D eigenvalue weighted by Gasteiger charge is -2.40. The summed E-state index contributed by atoms with van der Waals surface area (Å²) >= 11 is 0. The smallest absolute Gasteiger partial charge is 0.137 e. The first kappa shape index (κ1) is 21.5. The van der Waals surface area contributed by atoms with Crippen LogP contribution < -0.4 is 5.73 Å². The minimum atomic E-state index is 0.143. The van der Waals surface area contributed by atoms with Crippen LogP contribution in [0.3, 0.4) is 0 Å². The van der Waals surface area contributed by atoms with Crippen LogP contribution in [0.25, 0.3) is 16.9 Å². The number of benzene rings is 1. The second kappa shape index (κ2) is 7.08. The number of nitrogens with zero attached hydrogens (tertiary/aromatic N) is 3. The second-order valence-electron chi connectivity index (χ2n) is 12.5. The van der Waals surface area contributed by atoms with E-state index in [1.54, 1.807) is 0 Å². The van der Waals surface area contributed by atoms with Gasteiger partial charge in [0.2, 0.25) is 0 Å². The third kappa shape index (κ3) is 3.83. The molecule has 1 saturated heterocycles. The van der Waals surface area contributed by atoms with E-state index in [0.29, 0.717) is 16.9 Å². The standard InChI is InChI=1S/C28H38N4/c1-26(2,3)20-9-7-19(8-10-20)25-23(32-15-21(29)11-12-24(32)30-25)16-31-18-28(6)14-22(31)13-27(4,5)17-28/h7-12,15,22H,13-14,16-18,29H2,1-6H3. The highest BCUT2D eigenvalue weighted by molar-refractivity contribution is 5.68. The number of aromatic nitrogens is 2. The molecule has 170 valence electrons.